The minimum Gasteiger partial charge on any atom is -0.366 e. The van der Waals surface area contributed by atoms with Gasteiger partial charge in [0.05, 0.1) is 0 Å². The summed E-state index contributed by atoms with van der Waals surface area (Å²) in [6.07, 6.45) is 3.13. The summed E-state index contributed by atoms with van der Waals surface area (Å²) in [5.41, 5.74) is 0. The standard InChI is InChI=1S/C7H15O2/c1-3-4-5-6-7(2,8)9/h8-9H,1,3-6H2,2H3. The molecule has 0 aliphatic rings. The highest BCUT2D eigenvalue weighted by molar-refractivity contribution is 4.56. The lowest BCUT2D eigenvalue weighted by Crippen LogP contribution is -2.22. The van der Waals surface area contributed by atoms with E-state index in [2.05, 4.69) is 6.92 Å². The van der Waals surface area contributed by atoms with Gasteiger partial charge in [0.1, 0.15) is 0 Å². The molecule has 0 saturated heterocycles. The maximum Gasteiger partial charge on any atom is 0.159 e. The Morgan fingerprint density at radius 3 is 2.22 bits per heavy atom. The summed E-state index contributed by atoms with van der Waals surface area (Å²) in [6, 6.07) is 0. The first-order valence-electron chi connectivity index (χ1n) is 3.30. The van der Waals surface area contributed by atoms with Gasteiger partial charge in [-0.15, -0.1) is 0 Å². The van der Waals surface area contributed by atoms with Gasteiger partial charge in [-0.3, -0.25) is 0 Å². The molecular weight excluding hydrogens is 116 g/mol. The van der Waals surface area contributed by atoms with Crippen molar-refractivity contribution < 1.29 is 10.2 Å². The van der Waals surface area contributed by atoms with Crippen molar-refractivity contribution in [3.63, 3.8) is 0 Å². The maximum atomic E-state index is 8.78. The van der Waals surface area contributed by atoms with Crippen LogP contribution in [0.2, 0.25) is 0 Å². The predicted octanol–water partition coefficient (Wildman–Crippen LogP) is 1.08. The Morgan fingerprint density at radius 1 is 1.33 bits per heavy atom. The molecule has 0 amide bonds. The van der Waals surface area contributed by atoms with Gasteiger partial charge in [0.15, 0.2) is 5.79 Å². The maximum absolute atomic E-state index is 8.78. The molecule has 0 aromatic rings. The number of unbranched alkanes of at least 4 members (excludes halogenated alkanes) is 2. The van der Waals surface area contributed by atoms with Gasteiger partial charge < -0.3 is 10.2 Å². The lowest BCUT2D eigenvalue weighted by Gasteiger charge is -2.14. The van der Waals surface area contributed by atoms with Crippen LogP contribution in [0.3, 0.4) is 0 Å². The first-order chi connectivity index (χ1) is 4.06. The Hall–Kier alpha value is -0.0800. The van der Waals surface area contributed by atoms with Crippen molar-refractivity contribution in [1.29, 1.82) is 0 Å². The lowest BCUT2D eigenvalue weighted by molar-refractivity contribution is -0.150. The molecule has 0 heterocycles. The zero-order valence-electron chi connectivity index (χ0n) is 5.93. The van der Waals surface area contributed by atoms with Gasteiger partial charge in [-0.05, 0) is 13.3 Å². The van der Waals surface area contributed by atoms with Crippen LogP contribution in [0.5, 0.6) is 0 Å². The predicted molar refractivity (Wildman–Crippen MR) is 36.7 cm³/mol. The van der Waals surface area contributed by atoms with Gasteiger partial charge in [0.25, 0.3) is 0 Å². The van der Waals surface area contributed by atoms with Crippen molar-refractivity contribution in [3.8, 4) is 0 Å². The summed E-state index contributed by atoms with van der Waals surface area (Å²) < 4.78 is 0. The number of rotatable bonds is 4. The van der Waals surface area contributed by atoms with Crippen LogP contribution in [-0.2, 0) is 0 Å². The summed E-state index contributed by atoms with van der Waals surface area (Å²) >= 11 is 0. The molecule has 0 spiro atoms. The zero-order chi connectivity index (χ0) is 7.33. The van der Waals surface area contributed by atoms with Gasteiger partial charge in [0.2, 0.25) is 0 Å². The normalized spacial score (nSPS) is 12.0. The van der Waals surface area contributed by atoms with Gasteiger partial charge >= 0.3 is 0 Å². The number of aliphatic hydroxyl groups is 2. The molecular formula is C7H15O2. The molecule has 0 saturated carbocycles. The molecule has 1 radical (unpaired) electrons. The number of hydrogen-bond donors (Lipinski definition) is 2. The van der Waals surface area contributed by atoms with Crippen LogP contribution in [0.4, 0.5) is 0 Å². The third kappa shape index (κ3) is 7.92. The molecule has 0 fully saturated rings. The second-order valence-corrected chi connectivity index (χ2v) is 2.53. The second-order valence-electron chi connectivity index (χ2n) is 2.53. The Balaban J connectivity index is 3.07. The van der Waals surface area contributed by atoms with Crippen molar-refractivity contribution in [3.05, 3.63) is 6.92 Å². The SMILES string of the molecule is [CH2]CCCCC(C)(O)O. The lowest BCUT2D eigenvalue weighted by atomic mass is 10.1. The average molecular weight is 131 g/mol. The van der Waals surface area contributed by atoms with Crippen molar-refractivity contribution in [2.75, 3.05) is 0 Å². The highest BCUT2D eigenvalue weighted by Gasteiger charge is 2.12. The van der Waals surface area contributed by atoms with Crippen LogP contribution < -0.4 is 0 Å². The first-order valence-corrected chi connectivity index (χ1v) is 3.30. The summed E-state index contributed by atoms with van der Waals surface area (Å²) in [5.74, 6) is -1.48. The molecule has 0 aromatic carbocycles. The van der Waals surface area contributed by atoms with Gasteiger partial charge in [0, 0.05) is 6.42 Å². The van der Waals surface area contributed by atoms with E-state index >= 15 is 0 Å². The molecule has 0 aliphatic heterocycles. The minimum atomic E-state index is -1.48. The van der Waals surface area contributed by atoms with E-state index in [4.69, 9.17) is 10.2 Å². The average Bonchev–Trinajstić information content (AvgIpc) is 1.63. The van der Waals surface area contributed by atoms with Crippen molar-refractivity contribution in [1.82, 2.24) is 0 Å². The van der Waals surface area contributed by atoms with E-state index < -0.39 is 5.79 Å². The highest BCUT2D eigenvalue weighted by Crippen LogP contribution is 2.09. The van der Waals surface area contributed by atoms with E-state index in [1.165, 1.54) is 6.92 Å². The van der Waals surface area contributed by atoms with E-state index in [0.29, 0.717) is 6.42 Å². The number of hydrogen-bond acceptors (Lipinski definition) is 2. The molecule has 2 heteroatoms. The minimum absolute atomic E-state index is 0.447. The van der Waals surface area contributed by atoms with Crippen LogP contribution in [0.1, 0.15) is 32.6 Å². The quantitative estimate of drug-likeness (QED) is 0.443. The third-order valence-corrected chi connectivity index (χ3v) is 1.15. The molecule has 0 aromatic heterocycles. The summed E-state index contributed by atoms with van der Waals surface area (Å²) in [4.78, 5) is 0. The second kappa shape index (κ2) is 3.85. The Kier molecular flexibility index (Phi) is 3.82. The zero-order valence-corrected chi connectivity index (χ0v) is 5.93. The highest BCUT2D eigenvalue weighted by atomic mass is 16.5. The molecule has 9 heavy (non-hydrogen) atoms. The van der Waals surface area contributed by atoms with Gasteiger partial charge in [-0.1, -0.05) is 19.8 Å². The Bertz CT molecular complexity index is 63.8. The smallest absolute Gasteiger partial charge is 0.159 e. The van der Waals surface area contributed by atoms with Crippen LogP contribution in [0, 0.1) is 6.92 Å². The molecule has 2 N–H and O–H groups in total. The van der Waals surface area contributed by atoms with E-state index in [0.717, 1.165) is 19.3 Å². The van der Waals surface area contributed by atoms with Crippen LogP contribution in [0.15, 0.2) is 0 Å². The third-order valence-electron chi connectivity index (χ3n) is 1.15. The Labute approximate surface area is 56.5 Å². The van der Waals surface area contributed by atoms with Gasteiger partial charge in [-0.25, -0.2) is 0 Å². The van der Waals surface area contributed by atoms with Gasteiger partial charge in [-0.2, -0.15) is 0 Å². The molecule has 0 aliphatic carbocycles. The monoisotopic (exact) mass is 131 g/mol. The summed E-state index contributed by atoms with van der Waals surface area (Å²) in [6.45, 7) is 5.04. The fourth-order valence-electron chi connectivity index (χ4n) is 0.637. The van der Waals surface area contributed by atoms with Crippen LogP contribution in [-0.4, -0.2) is 16.0 Å². The summed E-state index contributed by atoms with van der Waals surface area (Å²) in [5, 5.41) is 17.6. The fraction of sp³-hybridized carbons (Fsp3) is 0.857. The molecule has 0 unspecified atom stereocenters. The topological polar surface area (TPSA) is 40.5 Å². The van der Waals surface area contributed by atoms with Crippen molar-refractivity contribution in [2.45, 2.75) is 38.4 Å². The molecule has 0 rings (SSSR count). The van der Waals surface area contributed by atoms with E-state index in [-0.39, 0.29) is 0 Å². The largest absolute Gasteiger partial charge is 0.366 e. The first kappa shape index (κ1) is 8.92. The van der Waals surface area contributed by atoms with Crippen LogP contribution in [0.25, 0.3) is 0 Å². The van der Waals surface area contributed by atoms with Crippen LogP contribution >= 0.6 is 0 Å². The molecule has 0 bridgehead atoms. The van der Waals surface area contributed by atoms with Crippen molar-refractivity contribution >= 4 is 0 Å². The molecule has 55 valence electrons. The Morgan fingerprint density at radius 2 is 1.89 bits per heavy atom. The molecule has 2 nitrogen and oxygen atoms in total. The fourth-order valence-corrected chi connectivity index (χ4v) is 0.637. The van der Waals surface area contributed by atoms with E-state index in [1.54, 1.807) is 0 Å². The molecule has 0 atom stereocenters. The van der Waals surface area contributed by atoms with Crippen molar-refractivity contribution in [2.24, 2.45) is 0 Å². The summed E-state index contributed by atoms with van der Waals surface area (Å²) in [7, 11) is 0. The van der Waals surface area contributed by atoms with E-state index in [1.807, 2.05) is 0 Å². The van der Waals surface area contributed by atoms with E-state index in [9.17, 15) is 0 Å².